The maximum absolute atomic E-state index is 12.4. The second-order valence-electron chi connectivity index (χ2n) is 5.54. The van der Waals surface area contributed by atoms with E-state index in [9.17, 15) is 19.7 Å². The summed E-state index contributed by atoms with van der Waals surface area (Å²) < 4.78 is 0. The molecule has 0 radical (unpaired) electrons. The van der Waals surface area contributed by atoms with Gasteiger partial charge in [0.2, 0.25) is 11.8 Å². The van der Waals surface area contributed by atoms with E-state index in [1.807, 2.05) is 13.8 Å². The molecule has 1 aromatic rings. The van der Waals surface area contributed by atoms with Gasteiger partial charge in [-0.05, 0) is 11.5 Å². The van der Waals surface area contributed by atoms with Crippen LogP contribution in [0.4, 0.5) is 5.69 Å². The first kappa shape index (κ1) is 17.6. The highest BCUT2D eigenvalue weighted by atomic mass is 16.6. The van der Waals surface area contributed by atoms with E-state index < -0.39 is 11.0 Å². The molecule has 0 bridgehead atoms. The van der Waals surface area contributed by atoms with E-state index >= 15 is 0 Å². The van der Waals surface area contributed by atoms with Gasteiger partial charge < -0.3 is 10.2 Å². The van der Waals surface area contributed by atoms with Gasteiger partial charge in [-0.15, -0.1) is 0 Å². The Kier molecular flexibility index (Phi) is 6.03. The number of likely N-dealkylation sites (N-methyl/N-ethyl adjacent to an activating group) is 1. The summed E-state index contributed by atoms with van der Waals surface area (Å²) in [6.07, 6.45) is 0. The van der Waals surface area contributed by atoms with Crippen LogP contribution in [0.5, 0.6) is 0 Å². The molecule has 1 rings (SSSR count). The maximum Gasteiger partial charge on any atom is 0.269 e. The lowest BCUT2D eigenvalue weighted by molar-refractivity contribution is -0.384. The predicted octanol–water partition coefficient (Wildman–Crippen LogP) is 1.71. The molecule has 0 unspecified atom stereocenters. The molecule has 0 heterocycles. The summed E-state index contributed by atoms with van der Waals surface area (Å²) in [6, 6.07) is 5.53. The lowest BCUT2D eigenvalue weighted by atomic mass is 10.0. The highest BCUT2D eigenvalue weighted by molar-refractivity contribution is 5.86. The number of carbonyl (C=O) groups excluding carboxylic acids is 2. The SMILES string of the molecule is CC(=O)N[C@@H](C(=O)N(C)Cc1cccc([N+](=O)[O-])c1)C(C)C. The maximum atomic E-state index is 12.4. The summed E-state index contributed by atoms with van der Waals surface area (Å²) in [5.74, 6) is -0.545. The van der Waals surface area contributed by atoms with Gasteiger partial charge in [0.25, 0.3) is 5.69 Å². The number of carbonyl (C=O) groups is 2. The molecule has 0 aliphatic heterocycles. The van der Waals surface area contributed by atoms with E-state index in [2.05, 4.69) is 5.32 Å². The molecule has 7 nitrogen and oxygen atoms in total. The number of non-ortho nitro benzene ring substituents is 1. The molecule has 0 spiro atoms. The standard InChI is InChI=1S/C15H21N3O4/c1-10(2)14(16-11(3)19)15(20)17(4)9-12-6-5-7-13(8-12)18(21)22/h5-8,10,14H,9H2,1-4H3,(H,16,19)/t14-/m1/s1. The molecular formula is C15H21N3O4. The van der Waals surface area contributed by atoms with Crippen molar-refractivity contribution >= 4 is 17.5 Å². The van der Waals surface area contributed by atoms with Crippen molar-refractivity contribution in [3.05, 3.63) is 39.9 Å². The highest BCUT2D eigenvalue weighted by Crippen LogP contribution is 2.15. The summed E-state index contributed by atoms with van der Waals surface area (Å²) in [7, 11) is 1.61. The molecule has 0 saturated heterocycles. The fourth-order valence-corrected chi connectivity index (χ4v) is 2.09. The van der Waals surface area contributed by atoms with E-state index in [0.717, 1.165) is 0 Å². The van der Waals surface area contributed by atoms with Crippen molar-refractivity contribution in [2.45, 2.75) is 33.4 Å². The minimum absolute atomic E-state index is 0.0133. The van der Waals surface area contributed by atoms with E-state index in [1.165, 1.54) is 24.0 Å². The molecule has 0 aromatic heterocycles. The van der Waals surface area contributed by atoms with Crippen LogP contribution in [-0.2, 0) is 16.1 Å². The molecule has 22 heavy (non-hydrogen) atoms. The van der Waals surface area contributed by atoms with Gasteiger partial charge in [-0.25, -0.2) is 0 Å². The number of nitrogens with one attached hydrogen (secondary N) is 1. The van der Waals surface area contributed by atoms with Crippen molar-refractivity contribution in [2.24, 2.45) is 5.92 Å². The van der Waals surface area contributed by atoms with Crippen LogP contribution < -0.4 is 5.32 Å². The summed E-state index contributed by atoms with van der Waals surface area (Å²) in [5.41, 5.74) is 0.649. The second kappa shape index (κ2) is 7.53. The zero-order valence-corrected chi connectivity index (χ0v) is 13.2. The minimum atomic E-state index is -0.610. The largest absolute Gasteiger partial charge is 0.344 e. The number of nitrogens with zero attached hydrogens (tertiary/aromatic N) is 2. The van der Waals surface area contributed by atoms with Crippen LogP contribution in [0.1, 0.15) is 26.3 Å². The van der Waals surface area contributed by atoms with Crippen LogP contribution >= 0.6 is 0 Å². The minimum Gasteiger partial charge on any atom is -0.344 e. The van der Waals surface area contributed by atoms with Crippen LogP contribution in [0.25, 0.3) is 0 Å². The van der Waals surface area contributed by atoms with E-state index in [4.69, 9.17) is 0 Å². The molecule has 2 amide bonds. The number of amides is 2. The molecule has 1 N–H and O–H groups in total. The number of nitro benzene ring substituents is 1. The van der Waals surface area contributed by atoms with Gasteiger partial charge in [-0.1, -0.05) is 26.0 Å². The first-order valence-corrected chi connectivity index (χ1v) is 6.97. The third-order valence-corrected chi connectivity index (χ3v) is 3.21. The van der Waals surface area contributed by atoms with Crippen molar-refractivity contribution in [2.75, 3.05) is 7.05 Å². The number of hydrogen-bond acceptors (Lipinski definition) is 4. The van der Waals surface area contributed by atoms with Gasteiger partial charge in [-0.2, -0.15) is 0 Å². The third kappa shape index (κ3) is 4.83. The lowest BCUT2D eigenvalue weighted by Gasteiger charge is -2.26. The Bertz CT molecular complexity index is 572. The fourth-order valence-electron chi connectivity index (χ4n) is 2.09. The normalized spacial score (nSPS) is 11.9. The van der Waals surface area contributed by atoms with Crippen LogP contribution in [0.15, 0.2) is 24.3 Å². The number of hydrogen-bond donors (Lipinski definition) is 1. The van der Waals surface area contributed by atoms with E-state index in [1.54, 1.807) is 19.2 Å². The highest BCUT2D eigenvalue weighted by Gasteiger charge is 2.26. The number of rotatable bonds is 6. The van der Waals surface area contributed by atoms with Gasteiger partial charge in [0.15, 0.2) is 0 Å². The molecule has 0 aliphatic carbocycles. The number of nitro groups is 1. The van der Waals surface area contributed by atoms with Crippen molar-refractivity contribution in [1.82, 2.24) is 10.2 Å². The third-order valence-electron chi connectivity index (χ3n) is 3.21. The molecule has 1 atom stereocenters. The monoisotopic (exact) mass is 307 g/mol. The Morgan fingerprint density at radius 2 is 2.00 bits per heavy atom. The molecule has 0 saturated carbocycles. The van der Waals surface area contributed by atoms with E-state index in [0.29, 0.717) is 5.56 Å². The smallest absolute Gasteiger partial charge is 0.269 e. The Labute approximate surface area is 129 Å². The van der Waals surface area contributed by atoms with Gasteiger partial charge >= 0.3 is 0 Å². The van der Waals surface area contributed by atoms with Gasteiger partial charge in [0.05, 0.1) is 4.92 Å². The van der Waals surface area contributed by atoms with Crippen LogP contribution in [0, 0.1) is 16.0 Å². The van der Waals surface area contributed by atoms with Gasteiger partial charge in [-0.3, -0.25) is 19.7 Å². The molecule has 1 aromatic carbocycles. The fraction of sp³-hybridized carbons (Fsp3) is 0.467. The summed E-state index contributed by atoms with van der Waals surface area (Å²) in [4.78, 5) is 35.4. The first-order chi connectivity index (χ1) is 10.2. The van der Waals surface area contributed by atoms with Crippen molar-refractivity contribution in [3.8, 4) is 0 Å². The lowest BCUT2D eigenvalue weighted by Crippen LogP contribution is -2.49. The zero-order chi connectivity index (χ0) is 16.9. The Morgan fingerprint density at radius 3 is 2.50 bits per heavy atom. The summed E-state index contributed by atoms with van der Waals surface area (Å²) >= 11 is 0. The first-order valence-electron chi connectivity index (χ1n) is 6.97. The molecule has 0 fully saturated rings. The Morgan fingerprint density at radius 1 is 1.36 bits per heavy atom. The summed E-state index contributed by atoms with van der Waals surface area (Å²) in [6.45, 7) is 5.30. The van der Waals surface area contributed by atoms with Gasteiger partial charge in [0.1, 0.15) is 6.04 Å². The Balaban J connectivity index is 2.84. The quantitative estimate of drug-likeness (QED) is 0.639. The Hall–Kier alpha value is -2.44. The molecule has 7 heteroatoms. The van der Waals surface area contributed by atoms with E-state index in [-0.39, 0.29) is 30.0 Å². The van der Waals surface area contributed by atoms with Crippen molar-refractivity contribution in [1.29, 1.82) is 0 Å². The van der Waals surface area contributed by atoms with Crippen LogP contribution in [0.3, 0.4) is 0 Å². The van der Waals surface area contributed by atoms with Gasteiger partial charge in [0, 0.05) is 32.6 Å². The second-order valence-corrected chi connectivity index (χ2v) is 5.54. The predicted molar refractivity (Wildman–Crippen MR) is 82.0 cm³/mol. The van der Waals surface area contributed by atoms with Crippen LogP contribution in [0.2, 0.25) is 0 Å². The van der Waals surface area contributed by atoms with Crippen LogP contribution in [-0.4, -0.2) is 34.7 Å². The average Bonchev–Trinajstić information content (AvgIpc) is 2.43. The molecule has 120 valence electrons. The van der Waals surface area contributed by atoms with Crippen molar-refractivity contribution in [3.63, 3.8) is 0 Å². The summed E-state index contributed by atoms with van der Waals surface area (Å²) in [5, 5.41) is 13.4. The molecule has 0 aliphatic rings. The van der Waals surface area contributed by atoms with Crippen molar-refractivity contribution < 1.29 is 14.5 Å². The number of benzene rings is 1. The zero-order valence-electron chi connectivity index (χ0n) is 13.2. The molecular weight excluding hydrogens is 286 g/mol. The average molecular weight is 307 g/mol. The topological polar surface area (TPSA) is 92.6 Å².